The monoisotopic (exact) mass is 629 g/mol. The van der Waals surface area contributed by atoms with Gasteiger partial charge in [0.05, 0.1) is 12.6 Å². The minimum absolute atomic E-state index is 0.0192. The van der Waals surface area contributed by atoms with Crippen molar-refractivity contribution >= 4 is 34.7 Å². The maximum Gasteiger partial charge on any atom is 0.410 e. The highest BCUT2D eigenvalue weighted by atomic mass is 19.1. The number of hydrogen-bond acceptors (Lipinski definition) is 6. The van der Waals surface area contributed by atoms with Crippen molar-refractivity contribution in [3.8, 4) is 5.75 Å². The number of ether oxygens (including phenoxy) is 2. The fourth-order valence-corrected chi connectivity index (χ4v) is 6.30. The van der Waals surface area contributed by atoms with Crippen LogP contribution >= 0.6 is 0 Å². The fourth-order valence-electron chi connectivity index (χ4n) is 6.30. The number of carbonyl (C=O) groups excluding carboxylic acids is 4. The third-order valence-corrected chi connectivity index (χ3v) is 9.06. The number of hydrogen-bond donors (Lipinski definition) is 1. The molecule has 248 valence electrons. The van der Waals surface area contributed by atoms with E-state index in [0.29, 0.717) is 36.2 Å². The van der Waals surface area contributed by atoms with Crippen LogP contribution in [-0.2, 0) is 21.4 Å². The van der Waals surface area contributed by atoms with Gasteiger partial charge >= 0.3 is 6.09 Å². The number of amides is 4. The SMILES string of the molecule is COc1cc2c(cc1F)cc(C(=O)N1CCN(C(=O)C(NC(=O)C(C)N(C)C(=O)OC(C)(C)C)C3CCCCC3)[C@H](C)C1)n2C. The lowest BCUT2D eigenvalue weighted by atomic mass is 9.83. The van der Waals surface area contributed by atoms with Crippen LogP contribution in [0.2, 0.25) is 0 Å². The highest BCUT2D eigenvalue weighted by molar-refractivity contribution is 5.99. The third-order valence-electron chi connectivity index (χ3n) is 9.06. The first-order chi connectivity index (χ1) is 21.1. The third kappa shape index (κ3) is 7.53. The minimum Gasteiger partial charge on any atom is -0.494 e. The van der Waals surface area contributed by atoms with Crippen molar-refractivity contribution in [1.29, 1.82) is 0 Å². The Balaban J connectivity index is 1.47. The van der Waals surface area contributed by atoms with E-state index in [1.807, 2.05) is 6.92 Å². The molecule has 1 N–H and O–H groups in total. The molecule has 12 heteroatoms. The zero-order chi connectivity index (χ0) is 33.2. The molecule has 45 heavy (non-hydrogen) atoms. The molecule has 2 aliphatic rings. The van der Waals surface area contributed by atoms with E-state index in [0.717, 1.165) is 32.1 Å². The largest absolute Gasteiger partial charge is 0.494 e. The zero-order valence-corrected chi connectivity index (χ0v) is 27.8. The number of benzene rings is 1. The molecule has 1 saturated carbocycles. The van der Waals surface area contributed by atoms with Crippen LogP contribution in [0.3, 0.4) is 0 Å². The number of nitrogens with zero attached hydrogens (tertiary/aromatic N) is 4. The van der Waals surface area contributed by atoms with Gasteiger partial charge in [0, 0.05) is 51.2 Å². The molecule has 0 radical (unpaired) electrons. The summed E-state index contributed by atoms with van der Waals surface area (Å²) >= 11 is 0. The van der Waals surface area contributed by atoms with Crippen LogP contribution in [0.4, 0.5) is 9.18 Å². The second kappa shape index (κ2) is 13.7. The number of rotatable bonds is 7. The molecule has 2 heterocycles. The first-order valence-corrected chi connectivity index (χ1v) is 15.8. The van der Waals surface area contributed by atoms with Crippen molar-refractivity contribution in [3.05, 3.63) is 29.7 Å². The van der Waals surface area contributed by atoms with Gasteiger partial charge in [-0.2, -0.15) is 0 Å². The van der Waals surface area contributed by atoms with Crippen molar-refractivity contribution in [3.63, 3.8) is 0 Å². The average molecular weight is 630 g/mol. The van der Waals surface area contributed by atoms with Crippen LogP contribution < -0.4 is 10.1 Å². The van der Waals surface area contributed by atoms with E-state index in [2.05, 4.69) is 5.32 Å². The summed E-state index contributed by atoms with van der Waals surface area (Å²) in [7, 11) is 4.67. The highest BCUT2D eigenvalue weighted by Gasteiger charge is 2.40. The van der Waals surface area contributed by atoms with Crippen molar-refractivity contribution < 1.29 is 33.0 Å². The Kier molecular flexibility index (Phi) is 10.3. The van der Waals surface area contributed by atoms with Crippen LogP contribution in [0.5, 0.6) is 5.75 Å². The number of piperazine rings is 1. The molecule has 1 aromatic heterocycles. The summed E-state index contributed by atoms with van der Waals surface area (Å²) < 4.78 is 26.6. The van der Waals surface area contributed by atoms with Gasteiger partial charge in [0.15, 0.2) is 11.6 Å². The molecule has 1 saturated heterocycles. The molecule has 4 rings (SSSR count). The molecule has 4 amide bonds. The number of aromatic nitrogens is 1. The summed E-state index contributed by atoms with van der Waals surface area (Å²) in [5.74, 6) is -1.21. The van der Waals surface area contributed by atoms with E-state index in [1.54, 1.807) is 61.2 Å². The van der Waals surface area contributed by atoms with E-state index in [-0.39, 0.29) is 29.5 Å². The van der Waals surface area contributed by atoms with Crippen molar-refractivity contribution in [2.24, 2.45) is 13.0 Å². The molecule has 0 bridgehead atoms. The summed E-state index contributed by atoms with van der Waals surface area (Å²) in [5, 5.41) is 3.59. The van der Waals surface area contributed by atoms with Gasteiger partial charge in [0.25, 0.3) is 5.91 Å². The Morgan fingerprint density at radius 1 is 1.07 bits per heavy atom. The molecule has 11 nitrogen and oxygen atoms in total. The molecule has 2 fully saturated rings. The zero-order valence-electron chi connectivity index (χ0n) is 27.8. The predicted octanol–water partition coefficient (Wildman–Crippen LogP) is 4.32. The van der Waals surface area contributed by atoms with E-state index < -0.39 is 35.5 Å². The van der Waals surface area contributed by atoms with Gasteiger partial charge in [-0.25, -0.2) is 9.18 Å². The van der Waals surface area contributed by atoms with Crippen LogP contribution in [0.1, 0.15) is 77.2 Å². The Hall–Kier alpha value is -3.83. The lowest BCUT2D eigenvalue weighted by Gasteiger charge is -2.43. The molecule has 1 aliphatic heterocycles. The van der Waals surface area contributed by atoms with E-state index in [1.165, 1.54) is 25.1 Å². The molecular weight excluding hydrogens is 581 g/mol. The standard InChI is InChI=1S/C33H48FN5O6/c1-20-19-38(30(41)26-17-23-16-24(34)27(44-8)18-25(23)37(26)7)14-15-39(20)31(42)28(22-12-10-9-11-13-22)35-29(40)21(2)36(6)32(43)45-33(3,4)5/h16-18,20-22,28H,9-15,19H2,1-8H3,(H,35,40)/t20-,21?,28?/m1/s1. The Morgan fingerprint density at radius 2 is 1.73 bits per heavy atom. The Bertz CT molecular complexity index is 1430. The molecule has 2 aromatic rings. The maximum atomic E-state index is 14.3. The van der Waals surface area contributed by atoms with Gasteiger partial charge in [-0.1, -0.05) is 19.3 Å². The molecule has 0 spiro atoms. The van der Waals surface area contributed by atoms with Crippen LogP contribution in [0.15, 0.2) is 18.2 Å². The smallest absolute Gasteiger partial charge is 0.410 e. The van der Waals surface area contributed by atoms with Gasteiger partial charge in [0.1, 0.15) is 23.4 Å². The van der Waals surface area contributed by atoms with E-state index in [9.17, 15) is 23.6 Å². The number of fused-ring (bicyclic) bond motifs is 1. The Morgan fingerprint density at radius 3 is 2.33 bits per heavy atom. The number of aryl methyl sites for hydroxylation is 1. The summed E-state index contributed by atoms with van der Waals surface area (Å²) in [6.45, 7) is 9.74. The number of methoxy groups -OCH3 is 1. The summed E-state index contributed by atoms with van der Waals surface area (Å²) in [4.78, 5) is 58.5. The van der Waals surface area contributed by atoms with E-state index >= 15 is 0 Å². The molecule has 1 aromatic carbocycles. The van der Waals surface area contributed by atoms with Gasteiger partial charge in [-0.05, 0) is 65.5 Å². The Labute approximate surface area is 265 Å². The quantitative estimate of drug-likeness (QED) is 0.488. The molecule has 3 atom stereocenters. The lowest BCUT2D eigenvalue weighted by Crippen LogP contribution is -2.62. The first-order valence-electron chi connectivity index (χ1n) is 15.8. The number of likely N-dealkylation sites (N-methyl/N-ethyl adjacent to an activating group) is 1. The summed E-state index contributed by atoms with van der Waals surface area (Å²) in [6, 6.07) is 2.72. The minimum atomic E-state index is -0.847. The topological polar surface area (TPSA) is 113 Å². The summed E-state index contributed by atoms with van der Waals surface area (Å²) in [5.41, 5.74) is 0.386. The van der Waals surface area contributed by atoms with Crippen LogP contribution in [0, 0.1) is 11.7 Å². The molecule has 2 unspecified atom stereocenters. The predicted molar refractivity (Wildman–Crippen MR) is 168 cm³/mol. The van der Waals surface area contributed by atoms with Crippen LogP contribution in [-0.4, -0.2) is 101 Å². The average Bonchev–Trinajstić information content (AvgIpc) is 3.31. The van der Waals surface area contributed by atoms with Crippen LogP contribution in [0.25, 0.3) is 10.9 Å². The van der Waals surface area contributed by atoms with E-state index in [4.69, 9.17) is 9.47 Å². The second-order valence-electron chi connectivity index (χ2n) is 13.4. The summed E-state index contributed by atoms with van der Waals surface area (Å²) in [6.07, 6.45) is 4.09. The number of nitrogens with one attached hydrogen (secondary N) is 1. The van der Waals surface area contributed by atoms with Gasteiger partial charge in [-0.3, -0.25) is 19.3 Å². The number of carbonyl (C=O) groups is 4. The lowest BCUT2D eigenvalue weighted by molar-refractivity contribution is -0.142. The van der Waals surface area contributed by atoms with Crippen molar-refractivity contribution in [1.82, 2.24) is 24.6 Å². The fraction of sp³-hybridized carbons (Fsp3) is 0.636. The molecule has 1 aliphatic carbocycles. The van der Waals surface area contributed by atoms with Gasteiger partial charge in [0.2, 0.25) is 11.8 Å². The number of halogens is 1. The first kappa shape index (κ1) is 34.1. The molecular formula is C33H48FN5O6. The van der Waals surface area contributed by atoms with Crippen molar-refractivity contribution in [2.75, 3.05) is 33.8 Å². The van der Waals surface area contributed by atoms with Gasteiger partial charge < -0.3 is 29.2 Å². The second-order valence-corrected chi connectivity index (χ2v) is 13.4. The van der Waals surface area contributed by atoms with Gasteiger partial charge in [-0.15, -0.1) is 0 Å². The maximum absolute atomic E-state index is 14.3. The van der Waals surface area contributed by atoms with Crippen molar-refractivity contribution in [2.45, 2.75) is 90.4 Å². The normalized spacial score (nSPS) is 19.2. The highest BCUT2D eigenvalue weighted by Crippen LogP contribution is 2.30.